The molecule has 0 aromatic heterocycles. The zero-order chi connectivity index (χ0) is 14.5. The van der Waals surface area contributed by atoms with Crippen molar-refractivity contribution in [2.75, 3.05) is 12.9 Å². The molecule has 106 valence electrons. The van der Waals surface area contributed by atoms with Gasteiger partial charge in [0, 0.05) is 17.1 Å². The van der Waals surface area contributed by atoms with Crippen LogP contribution in [0.15, 0.2) is 24.3 Å². The van der Waals surface area contributed by atoms with Crippen LogP contribution in [0.1, 0.15) is 5.56 Å². The van der Waals surface area contributed by atoms with Crippen molar-refractivity contribution in [1.29, 1.82) is 0 Å². The molecule has 0 radical (unpaired) electrons. The third-order valence-electron chi connectivity index (χ3n) is 2.40. The van der Waals surface area contributed by atoms with Crippen molar-refractivity contribution in [2.24, 2.45) is 5.92 Å². The minimum Gasteiger partial charge on any atom is -0.496 e. The van der Waals surface area contributed by atoms with E-state index >= 15 is 0 Å². The van der Waals surface area contributed by atoms with E-state index in [-0.39, 0.29) is 0 Å². The van der Waals surface area contributed by atoms with Crippen LogP contribution < -0.4 is 4.74 Å². The van der Waals surface area contributed by atoms with Crippen LogP contribution in [0.2, 0.25) is 0 Å². The highest BCUT2D eigenvalue weighted by Gasteiger charge is 2.43. The van der Waals surface area contributed by atoms with Crippen LogP contribution in [-0.4, -0.2) is 24.3 Å². The molecule has 1 rings (SSSR count). The van der Waals surface area contributed by atoms with Gasteiger partial charge in [-0.2, -0.15) is 24.9 Å². The third-order valence-corrected chi connectivity index (χ3v) is 3.75. The average Bonchev–Trinajstić information content (AvgIpc) is 2.33. The summed E-state index contributed by atoms with van der Waals surface area (Å²) in [5.74, 6) is -1.60. The predicted molar refractivity (Wildman–Crippen MR) is 69.6 cm³/mol. The maximum atomic E-state index is 12.5. The van der Waals surface area contributed by atoms with Gasteiger partial charge in [0.1, 0.15) is 11.7 Å². The van der Waals surface area contributed by atoms with Crippen molar-refractivity contribution in [3.8, 4) is 5.75 Å². The van der Waals surface area contributed by atoms with Gasteiger partial charge in [-0.3, -0.25) is 4.79 Å². The average molecular weight is 313 g/mol. The molecule has 0 saturated carbocycles. The van der Waals surface area contributed by atoms with Crippen molar-refractivity contribution in [3.63, 3.8) is 0 Å². The van der Waals surface area contributed by atoms with Crippen LogP contribution >= 0.6 is 23.4 Å². The lowest BCUT2D eigenvalue weighted by atomic mass is 10.2. The molecule has 0 saturated heterocycles. The van der Waals surface area contributed by atoms with Crippen molar-refractivity contribution >= 4 is 28.6 Å². The van der Waals surface area contributed by atoms with Gasteiger partial charge in [0.25, 0.3) is 0 Å². The van der Waals surface area contributed by atoms with E-state index < -0.39 is 23.1 Å². The number of methoxy groups -OCH3 is 1. The van der Waals surface area contributed by atoms with E-state index in [1.165, 1.54) is 7.11 Å². The number of thioether (sulfide) groups is 1. The van der Waals surface area contributed by atoms with E-state index in [1.54, 1.807) is 24.3 Å². The molecule has 1 aromatic rings. The second-order valence-electron chi connectivity index (χ2n) is 3.73. The van der Waals surface area contributed by atoms with Crippen molar-refractivity contribution < 1.29 is 22.7 Å². The monoisotopic (exact) mass is 312 g/mol. The van der Waals surface area contributed by atoms with E-state index in [9.17, 15) is 18.0 Å². The topological polar surface area (TPSA) is 26.3 Å². The van der Waals surface area contributed by atoms with E-state index in [4.69, 9.17) is 16.3 Å². The highest BCUT2D eigenvalue weighted by atomic mass is 35.5. The van der Waals surface area contributed by atoms with Gasteiger partial charge in [-0.05, 0) is 17.7 Å². The number of rotatable bonds is 6. The summed E-state index contributed by atoms with van der Waals surface area (Å²) in [6.07, 6.45) is -4.60. The molecule has 0 amide bonds. The standard InChI is InChI=1S/C12H12ClF3O2S/c1-18-10-5-3-2-4-8(10)6-19-7-9(11(13)17)12(14,15)16/h2-5,9H,6-7H2,1H3. The first-order valence-electron chi connectivity index (χ1n) is 5.32. The normalized spacial score (nSPS) is 13.1. The number of hydrogen-bond donors (Lipinski definition) is 0. The Morgan fingerprint density at radius 3 is 2.58 bits per heavy atom. The number of para-hydroxylation sites is 1. The fraction of sp³-hybridized carbons (Fsp3) is 0.417. The van der Waals surface area contributed by atoms with Crippen molar-refractivity contribution in [2.45, 2.75) is 11.9 Å². The summed E-state index contributed by atoms with van der Waals surface area (Å²) in [6, 6.07) is 7.03. The molecule has 0 heterocycles. The van der Waals surface area contributed by atoms with E-state index in [1.807, 2.05) is 0 Å². The fourth-order valence-corrected chi connectivity index (χ4v) is 2.84. The molecule has 0 aliphatic rings. The number of benzene rings is 1. The van der Waals surface area contributed by atoms with Gasteiger partial charge in [-0.15, -0.1) is 0 Å². The van der Waals surface area contributed by atoms with E-state index in [0.29, 0.717) is 11.5 Å². The lowest BCUT2D eigenvalue weighted by molar-refractivity contribution is -0.171. The quantitative estimate of drug-likeness (QED) is 0.746. The minimum absolute atomic E-state index is 0.320. The number of carbonyl (C=O) groups excluding carboxylic acids is 1. The second-order valence-corrected chi connectivity index (χ2v) is 5.13. The maximum absolute atomic E-state index is 12.5. The Labute approximate surface area is 118 Å². The first-order chi connectivity index (χ1) is 8.86. The van der Waals surface area contributed by atoms with Crippen LogP contribution in [0.3, 0.4) is 0 Å². The zero-order valence-electron chi connectivity index (χ0n) is 10.0. The van der Waals surface area contributed by atoms with Crippen LogP contribution in [0.4, 0.5) is 13.2 Å². The summed E-state index contributed by atoms with van der Waals surface area (Å²) >= 11 is 5.97. The molecule has 0 N–H and O–H groups in total. The smallest absolute Gasteiger partial charge is 0.400 e. The molecule has 2 nitrogen and oxygen atoms in total. The van der Waals surface area contributed by atoms with Gasteiger partial charge in [0.15, 0.2) is 0 Å². The van der Waals surface area contributed by atoms with Crippen LogP contribution in [0.25, 0.3) is 0 Å². The number of ether oxygens (including phenoxy) is 1. The van der Waals surface area contributed by atoms with Gasteiger partial charge < -0.3 is 4.74 Å². The second kappa shape index (κ2) is 7.05. The molecular weight excluding hydrogens is 301 g/mol. The number of alkyl halides is 3. The van der Waals surface area contributed by atoms with Gasteiger partial charge in [-0.1, -0.05) is 18.2 Å². The zero-order valence-corrected chi connectivity index (χ0v) is 11.6. The van der Waals surface area contributed by atoms with E-state index in [0.717, 1.165) is 17.3 Å². The fourth-order valence-electron chi connectivity index (χ4n) is 1.40. The van der Waals surface area contributed by atoms with Gasteiger partial charge in [-0.25, -0.2) is 0 Å². The summed E-state index contributed by atoms with van der Waals surface area (Å²) in [5, 5.41) is -1.37. The third kappa shape index (κ3) is 4.95. The molecule has 1 aromatic carbocycles. The summed E-state index contributed by atoms with van der Waals surface area (Å²) in [5.41, 5.74) is 0.776. The first kappa shape index (κ1) is 16.2. The Morgan fingerprint density at radius 1 is 1.42 bits per heavy atom. The summed E-state index contributed by atoms with van der Waals surface area (Å²) in [4.78, 5) is 10.8. The molecule has 1 atom stereocenters. The van der Waals surface area contributed by atoms with Crippen molar-refractivity contribution in [3.05, 3.63) is 29.8 Å². The molecular formula is C12H12ClF3O2S. The first-order valence-corrected chi connectivity index (χ1v) is 6.85. The van der Waals surface area contributed by atoms with Crippen LogP contribution in [0, 0.1) is 5.92 Å². The number of hydrogen-bond acceptors (Lipinski definition) is 3. The summed E-state index contributed by atoms with van der Waals surface area (Å²) in [7, 11) is 1.49. The number of carbonyl (C=O) groups is 1. The number of halogens is 4. The van der Waals surface area contributed by atoms with E-state index in [2.05, 4.69) is 0 Å². The Balaban J connectivity index is 2.60. The van der Waals surface area contributed by atoms with Gasteiger partial charge in [0.05, 0.1) is 7.11 Å². The molecule has 0 fully saturated rings. The predicted octanol–water partition coefficient (Wildman–Crippen LogP) is 3.87. The maximum Gasteiger partial charge on any atom is 0.400 e. The molecule has 1 unspecified atom stereocenters. The lowest BCUT2D eigenvalue weighted by Gasteiger charge is -2.16. The SMILES string of the molecule is COc1ccccc1CSCC(C(=O)Cl)C(F)(F)F. The Kier molecular flexibility index (Phi) is 6.00. The molecule has 0 bridgehead atoms. The Bertz CT molecular complexity index is 437. The molecule has 0 aliphatic carbocycles. The Hall–Kier alpha value is -0.880. The summed E-state index contributed by atoms with van der Waals surface area (Å²) in [6.45, 7) is 0. The minimum atomic E-state index is -4.60. The lowest BCUT2D eigenvalue weighted by Crippen LogP contribution is -2.30. The molecule has 0 aliphatic heterocycles. The van der Waals surface area contributed by atoms with Crippen LogP contribution in [-0.2, 0) is 10.5 Å². The summed E-state index contributed by atoms with van der Waals surface area (Å²) < 4.78 is 42.6. The molecule has 7 heteroatoms. The van der Waals surface area contributed by atoms with Gasteiger partial charge >= 0.3 is 6.18 Å². The molecule has 0 spiro atoms. The molecule has 19 heavy (non-hydrogen) atoms. The van der Waals surface area contributed by atoms with Gasteiger partial charge in [0.2, 0.25) is 5.24 Å². The Morgan fingerprint density at radius 2 is 2.05 bits per heavy atom. The van der Waals surface area contributed by atoms with Crippen LogP contribution in [0.5, 0.6) is 5.75 Å². The van der Waals surface area contributed by atoms with Crippen molar-refractivity contribution in [1.82, 2.24) is 0 Å². The highest BCUT2D eigenvalue weighted by molar-refractivity contribution is 7.98. The largest absolute Gasteiger partial charge is 0.496 e. The highest BCUT2D eigenvalue weighted by Crippen LogP contribution is 2.32.